The Labute approximate surface area is 131 Å². The fraction of sp³-hybridized carbons (Fsp3) is 0.571. The van der Waals surface area contributed by atoms with Gasteiger partial charge in [-0.2, -0.15) is 0 Å². The van der Waals surface area contributed by atoms with Gasteiger partial charge < -0.3 is 10.2 Å². The molecule has 0 aliphatic rings. The van der Waals surface area contributed by atoms with Crippen molar-refractivity contribution in [2.45, 2.75) is 44.2 Å². The summed E-state index contributed by atoms with van der Waals surface area (Å²) in [5.41, 5.74) is -0.394. The van der Waals surface area contributed by atoms with Gasteiger partial charge in [0.2, 0.25) is 10.0 Å². The van der Waals surface area contributed by atoms with Crippen LogP contribution in [0.5, 0.6) is 0 Å². The van der Waals surface area contributed by atoms with Crippen molar-refractivity contribution in [2.24, 2.45) is 5.41 Å². The molecule has 5 nitrogen and oxygen atoms in total. The quantitative estimate of drug-likeness (QED) is 0.739. The molecule has 1 aromatic rings. The van der Waals surface area contributed by atoms with Crippen molar-refractivity contribution < 1.29 is 18.6 Å². The summed E-state index contributed by atoms with van der Waals surface area (Å²) in [6.45, 7) is 5.14. The fourth-order valence-corrected chi connectivity index (χ4v) is 3.25. The van der Waals surface area contributed by atoms with E-state index in [-0.39, 0.29) is 11.3 Å². The van der Waals surface area contributed by atoms with E-state index in [1.807, 2.05) is 20.8 Å². The van der Waals surface area contributed by atoms with Crippen LogP contribution in [0.4, 0.5) is 0 Å². The molecule has 0 heterocycles. The number of nitrogens with one attached hydrogen (secondary N) is 1. The topological polar surface area (TPSA) is 86.6 Å². The van der Waals surface area contributed by atoms with Crippen molar-refractivity contribution in [3.05, 3.63) is 29.3 Å². The van der Waals surface area contributed by atoms with Crippen molar-refractivity contribution in [3.63, 3.8) is 0 Å². The Morgan fingerprint density at radius 1 is 1.33 bits per heavy atom. The van der Waals surface area contributed by atoms with E-state index in [1.165, 1.54) is 18.2 Å². The second-order valence-electron chi connectivity index (χ2n) is 6.08. The highest BCUT2D eigenvalue weighted by Crippen LogP contribution is 2.23. The standard InChI is InChI=1S/C14H22ClNO4S/c1-14(2,3)13(18)8-11(9-17)16-21(19,20)12-6-4-5-10(15)7-12/h4-7,11,13,16-18H,8-9H2,1-3H3. The first-order chi connectivity index (χ1) is 9.56. The summed E-state index contributed by atoms with van der Waals surface area (Å²) in [4.78, 5) is 0.0266. The average molecular weight is 336 g/mol. The molecule has 0 radical (unpaired) electrons. The number of halogens is 1. The van der Waals surface area contributed by atoms with Gasteiger partial charge in [-0.25, -0.2) is 13.1 Å². The molecule has 120 valence electrons. The Balaban J connectivity index is 2.86. The smallest absolute Gasteiger partial charge is 0.240 e. The summed E-state index contributed by atoms with van der Waals surface area (Å²) in [6.07, 6.45) is -0.614. The summed E-state index contributed by atoms with van der Waals surface area (Å²) < 4.78 is 26.8. The number of aliphatic hydroxyl groups is 2. The molecule has 0 spiro atoms. The number of aliphatic hydroxyl groups excluding tert-OH is 2. The lowest BCUT2D eigenvalue weighted by atomic mass is 9.86. The van der Waals surface area contributed by atoms with Crippen molar-refractivity contribution >= 4 is 21.6 Å². The van der Waals surface area contributed by atoms with E-state index in [2.05, 4.69) is 4.72 Å². The molecule has 7 heteroatoms. The lowest BCUT2D eigenvalue weighted by molar-refractivity contribution is 0.0420. The molecular formula is C14H22ClNO4S. The van der Waals surface area contributed by atoms with Crippen LogP contribution >= 0.6 is 11.6 Å². The highest BCUT2D eigenvalue weighted by atomic mass is 35.5. The van der Waals surface area contributed by atoms with Crippen LogP contribution in [0.1, 0.15) is 27.2 Å². The maximum atomic E-state index is 12.2. The van der Waals surface area contributed by atoms with Gasteiger partial charge in [0, 0.05) is 11.1 Å². The first-order valence-electron chi connectivity index (χ1n) is 6.63. The molecule has 0 aliphatic heterocycles. The van der Waals surface area contributed by atoms with E-state index in [0.717, 1.165) is 0 Å². The van der Waals surface area contributed by atoms with Gasteiger partial charge in [0.1, 0.15) is 0 Å². The molecule has 0 aromatic heterocycles. The second-order valence-corrected chi connectivity index (χ2v) is 8.23. The van der Waals surface area contributed by atoms with Crippen LogP contribution in [0.25, 0.3) is 0 Å². The maximum absolute atomic E-state index is 12.2. The minimum atomic E-state index is -3.79. The number of rotatable bonds is 6. The molecule has 21 heavy (non-hydrogen) atoms. The van der Waals surface area contributed by atoms with E-state index in [9.17, 15) is 18.6 Å². The van der Waals surface area contributed by atoms with Gasteiger partial charge >= 0.3 is 0 Å². The van der Waals surface area contributed by atoms with E-state index < -0.39 is 34.2 Å². The van der Waals surface area contributed by atoms with Crippen LogP contribution < -0.4 is 4.72 Å². The lowest BCUT2D eigenvalue weighted by Crippen LogP contribution is -2.42. The van der Waals surface area contributed by atoms with Crippen molar-refractivity contribution in [2.75, 3.05) is 6.61 Å². The summed E-state index contributed by atoms with van der Waals surface area (Å²) >= 11 is 5.78. The Morgan fingerprint density at radius 3 is 2.43 bits per heavy atom. The molecule has 0 aliphatic carbocycles. The monoisotopic (exact) mass is 335 g/mol. The van der Waals surface area contributed by atoms with E-state index in [1.54, 1.807) is 6.07 Å². The molecule has 0 bridgehead atoms. The molecule has 1 rings (SSSR count). The summed E-state index contributed by atoms with van der Waals surface area (Å²) in [5, 5.41) is 19.7. The van der Waals surface area contributed by atoms with Crippen molar-refractivity contribution in [1.29, 1.82) is 0 Å². The van der Waals surface area contributed by atoms with Crippen LogP contribution in [0.3, 0.4) is 0 Å². The lowest BCUT2D eigenvalue weighted by Gasteiger charge is -2.29. The predicted octanol–water partition coefficient (Wildman–Crippen LogP) is 1.78. The van der Waals surface area contributed by atoms with Gasteiger partial charge in [0.25, 0.3) is 0 Å². The van der Waals surface area contributed by atoms with Crippen LogP contribution in [0.2, 0.25) is 5.02 Å². The summed E-state index contributed by atoms with van der Waals surface area (Å²) in [5.74, 6) is 0. The zero-order valence-corrected chi connectivity index (χ0v) is 13.9. The normalized spacial score (nSPS) is 15.7. The minimum Gasteiger partial charge on any atom is -0.395 e. The van der Waals surface area contributed by atoms with Gasteiger partial charge in [-0.1, -0.05) is 38.4 Å². The predicted molar refractivity (Wildman–Crippen MR) is 82.7 cm³/mol. The molecular weight excluding hydrogens is 314 g/mol. The van der Waals surface area contributed by atoms with Gasteiger partial charge in [-0.05, 0) is 30.0 Å². The largest absolute Gasteiger partial charge is 0.395 e. The highest BCUT2D eigenvalue weighted by molar-refractivity contribution is 7.89. The number of sulfonamides is 1. The summed E-state index contributed by atoms with van der Waals surface area (Å²) in [6, 6.07) is 5.10. The van der Waals surface area contributed by atoms with Crippen molar-refractivity contribution in [1.82, 2.24) is 4.72 Å². The summed E-state index contributed by atoms with van der Waals surface area (Å²) in [7, 11) is -3.79. The Bertz CT molecular complexity index is 569. The first-order valence-corrected chi connectivity index (χ1v) is 8.49. The SMILES string of the molecule is CC(C)(C)C(O)CC(CO)NS(=O)(=O)c1cccc(Cl)c1. The number of hydrogen-bond donors (Lipinski definition) is 3. The van der Waals surface area contributed by atoms with Crippen LogP contribution in [0.15, 0.2) is 29.2 Å². The highest BCUT2D eigenvalue weighted by Gasteiger charge is 2.28. The van der Waals surface area contributed by atoms with Gasteiger partial charge in [-0.3, -0.25) is 0 Å². The van der Waals surface area contributed by atoms with E-state index in [4.69, 9.17) is 11.6 Å². The Hall–Kier alpha value is -0.660. The third-order valence-electron chi connectivity index (χ3n) is 3.16. The van der Waals surface area contributed by atoms with Crippen LogP contribution in [0, 0.1) is 5.41 Å². The second kappa shape index (κ2) is 7.07. The van der Waals surface area contributed by atoms with Gasteiger partial charge in [-0.15, -0.1) is 0 Å². The molecule has 2 unspecified atom stereocenters. The van der Waals surface area contributed by atoms with Crippen LogP contribution in [-0.2, 0) is 10.0 Å². The molecule has 0 fully saturated rings. The number of benzene rings is 1. The van der Waals surface area contributed by atoms with Crippen molar-refractivity contribution in [3.8, 4) is 0 Å². The molecule has 0 amide bonds. The third kappa shape index (κ3) is 5.56. The van der Waals surface area contributed by atoms with Crippen LogP contribution in [-0.4, -0.2) is 37.4 Å². The van der Waals surface area contributed by atoms with Gasteiger partial charge in [0.15, 0.2) is 0 Å². The molecule has 0 saturated carbocycles. The van der Waals surface area contributed by atoms with E-state index >= 15 is 0 Å². The van der Waals surface area contributed by atoms with Gasteiger partial charge in [0.05, 0.1) is 17.6 Å². The zero-order valence-electron chi connectivity index (χ0n) is 12.4. The minimum absolute atomic E-state index is 0.0266. The Kier molecular flexibility index (Phi) is 6.19. The molecule has 1 aromatic carbocycles. The van der Waals surface area contributed by atoms with E-state index in [0.29, 0.717) is 5.02 Å². The zero-order chi connectivity index (χ0) is 16.3. The fourth-order valence-electron chi connectivity index (χ4n) is 1.70. The Morgan fingerprint density at radius 2 is 1.95 bits per heavy atom. The molecule has 0 saturated heterocycles. The first kappa shape index (κ1) is 18.4. The number of hydrogen-bond acceptors (Lipinski definition) is 4. The molecule has 2 atom stereocenters. The third-order valence-corrected chi connectivity index (χ3v) is 4.91. The maximum Gasteiger partial charge on any atom is 0.240 e. The average Bonchev–Trinajstić information content (AvgIpc) is 2.36. The molecule has 3 N–H and O–H groups in total.